The topological polar surface area (TPSA) is 98.7 Å². The van der Waals surface area contributed by atoms with Gasteiger partial charge in [0.2, 0.25) is 17.7 Å². The molecule has 4 aliphatic rings. The molecule has 3 saturated heterocycles. The summed E-state index contributed by atoms with van der Waals surface area (Å²) >= 11 is 5.47. The Morgan fingerprint density at radius 1 is 1.19 bits per heavy atom. The van der Waals surface area contributed by atoms with E-state index in [9.17, 15) is 19.5 Å². The summed E-state index contributed by atoms with van der Waals surface area (Å²) in [6, 6.07) is 8.25. The lowest BCUT2D eigenvalue weighted by molar-refractivity contribution is -0.143. The van der Waals surface area contributed by atoms with Gasteiger partial charge in [0.05, 0.1) is 29.2 Å². The summed E-state index contributed by atoms with van der Waals surface area (Å²) in [7, 11) is 0. The number of anilines is 1. The van der Waals surface area contributed by atoms with E-state index < -0.39 is 28.7 Å². The second kappa shape index (κ2) is 10.9. The summed E-state index contributed by atoms with van der Waals surface area (Å²) in [6.07, 6.45) is 6.71. The number of hydrogen-bond donors (Lipinski definition) is 3. The predicted octanol–water partition coefficient (Wildman–Crippen LogP) is 3.95. The maximum absolute atomic E-state index is 14.3. The minimum atomic E-state index is -0.706. The summed E-state index contributed by atoms with van der Waals surface area (Å²) < 4.78 is -0.700. The van der Waals surface area contributed by atoms with Crippen LogP contribution in [-0.4, -0.2) is 67.3 Å². The minimum Gasteiger partial charge on any atom is -0.394 e. The Balaban J connectivity index is 1.51. The highest BCUT2D eigenvalue weighted by Gasteiger charge is 2.76. The molecule has 8 atom stereocenters. The van der Waals surface area contributed by atoms with Crippen LogP contribution >= 0.6 is 27.7 Å². The fourth-order valence-corrected chi connectivity index (χ4v) is 10.7. The predicted molar refractivity (Wildman–Crippen MR) is 149 cm³/mol. The Morgan fingerprint density at radius 2 is 1.89 bits per heavy atom. The highest BCUT2D eigenvalue weighted by molar-refractivity contribution is 9.09. The quantitative estimate of drug-likeness (QED) is 0.398. The van der Waals surface area contributed by atoms with E-state index in [0.29, 0.717) is 12.1 Å². The molecule has 3 N–H and O–H groups in total. The number of aliphatic hydroxyl groups excluding tert-OH is 1. The van der Waals surface area contributed by atoms with Crippen molar-refractivity contribution < 1.29 is 19.5 Å². The molecule has 3 amide bonds. The van der Waals surface area contributed by atoms with E-state index in [4.69, 9.17) is 0 Å². The molecule has 1 aliphatic carbocycles. The van der Waals surface area contributed by atoms with Gasteiger partial charge in [0.1, 0.15) is 6.04 Å². The smallest absolute Gasteiger partial charge is 0.244 e. The minimum absolute atomic E-state index is 0.0210. The molecule has 4 fully saturated rings. The first-order chi connectivity index (χ1) is 17.8. The first-order valence-electron chi connectivity index (χ1n) is 13.7. The summed E-state index contributed by atoms with van der Waals surface area (Å²) in [4.78, 5) is 43.8. The van der Waals surface area contributed by atoms with Crippen LogP contribution in [0, 0.1) is 17.8 Å². The molecule has 7 nitrogen and oxygen atoms in total. The highest BCUT2D eigenvalue weighted by atomic mass is 79.9. The zero-order valence-electron chi connectivity index (χ0n) is 21.6. The van der Waals surface area contributed by atoms with Crippen molar-refractivity contribution in [3.8, 4) is 0 Å². The SMILES string of the molecule is CC[C@H](C)[C@H](CO)N1C(=O)[C@@H]2[C@@H](C(=O)Nc3ccccc3)[C@@H]3SC2(CC3Br)C1C(=O)NC1CCCCC1. The number of hydrogen-bond acceptors (Lipinski definition) is 5. The number of carbonyl (C=O) groups excluding carboxylic acids is 3. The molecule has 3 aliphatic heterocycles. The number of amides is 3. The lowest BCUT2D eigenvalue weighted by Crippen LogP contribution is -2.59. The number of alkyl halides is 1. The number of rotatable bonds is 8. The summed E-state index contributed by atoms with van der Waals surface area (Å²) in [5.74, 6) is -1.59. The van der Waals surface area contributed by atoms with Gasteiger partial charge in [-0.15, -0.1) is 11.8 Å². The van der Waals surface area contributed by atoms with Crippen molar-refractivity contribution in [2.24, 2.45) is 17.8 Å². The van der Waals surface area contributed by atoms with E-state index in [2.05, 4.69) is 26.6 Å². The van der Waals surface area contributed by atoms with E-state index >= 15 is 0 Å². The Morgan fingerprint density at radius 3 is 2.54 bits per heavy atom. The van der Waals surface area contributed by atoms with Gasteiger partial charge < -0.3 is 20.6 Å². The monoisotopic (exact) mass is 591 g/mol. The molecule has 0 radical (unpaired) electrons. The van der Waals surface area contributed by atoms with Crippen molar-refractivity contribution in [2.75, 3.05) is 11.9 Å². The van der Waals surface area contributed by atoms with Crippen LogP contribution in [0.3, 0.4) is 0 Å². The maximum atomic E-state index is 14.3. The molecule has 202 valence electrons. The number of carbonyl (C=O) groups is 3. The van der Waals surface area contributed by atoms with Gasteiger partial charge in [-0.1, -0.05) is 73.7 Å². The first-order valence-corrected chi connectivity index (χ1v) is 15.5. The number of halogens is 1. The maximum Gasteiger partial charge on any atom is 0.244 e. The van der Waals surface area contributed by atoms with Gasteiger partial charge in [0, 0.05) is 21.8 Å². The van der Waals surface area contributed by atoms with E-state index in [1.807, 2.05) is 44.2 Å². The van der Waals surface area contributed by atoms with E-state index in [1.54, 1.807) is 16.7 Å². The van der Waals surface area contributed by atoms with Crippen LogP contribution in [0.2, 0.25) is 0 Å². The van der Waals surface area contributed by atoms with Gasteiger partial charge in [-0.2, -0.15) is 0 Å². The van der Waals surface area contributed by atoms with Crippen molar-refractivity contribution in [3.63, 3.8) is 0 Å². The van der Waals surface area contributed by atoms with Gasteiger partial charge in [-0.05, 0) is 37.3 Å². The number of para-hydroxylation sites is 1. The zero-order valence-corrected chi connectivity index (χ0v) is 24.0. The molecular formula is C28H38BrN3O4S. The Hall–Kier alpha value is -1.58. The molecule has 1 spiro atoms. The van der Waals surface area contributed by atoms with Crippen molar-refractivity contribution in [1.29, 1.82) is 0 Å². The molecule has 1 aromatic rings. The fraction of sp³-hybridized carbons (Fsp3) is 0.679. The molecule has 1 aromatic carbocycles. The third kappa shape index (κ3) is 4.63. The third-order valence-corrected chi connectivity index (χ3v) is 12.3. The number of aliphatic hydroxyl groups is 1. The van der Waals surface area contributed by atoms with Crippen LogP contribution in [0.5, 0.6) is 0 Å². The molecular weight excluding hydrogens is 554 g/mol. The Bertz CT molecular complexity index is 1020. The number of benzene rings is 1. The van der Waals surface area contributed by atoms with Crippen molar-refractivity contribution in [1.82, 2.24) is 10.2 Å². The average molecular weight is 593 g/mol. The van der Waals surface area contributed by atoms with Crippen molar-refractivity contribution in [2.45, 2.75) is 91.7 Å². The molecule has 37 heavy (non-hydrogen) atoms. The fourth-order valence-electron chi connectivity index (χ4n) is 7.11. The van der Waals surface area contributed by atoms with Crippen LogP contribution in [0.4, 0.5) is 5.69 Å². The van der Waals surface area contributed by atoms with Crippen LogP contribution in [0.25, 0.3) is 0 Å². The van der Waals surface area contributed by atoms with Crippen LogP contribution < -0.4 is 10.6 Å². The molecule has 5 rings (SSSR count). The second-order valence-electron chi connectivity index (χ2n) is 11.2. The molecule has 1 saturated carbocycles. The molecule has 0 aromatic heterocycles. The summed E-state index contributed by atoms with van der Waals surface area (Å²) in [5.41, 5.74) is 0.696. The van der Waals surface area contributed by atoms with Gasteiger partial charge in [-0.3, -0.25) is 14.4 Å². The largest absolute Gasteiger partial charge is 0.394 e. The summed E-state index contributed by atoms with van der Waals surface area (Å²) in [6.45, 7) is 3.85. The highest BCUT2D eigenvalue weighted by Crippen LogP contribution is 2.68. The standard InChI is InChI=1S/C28H38BrN3O4S/c1-3-16(2)20(15-33)32-24(26(35)31-18-12-8-5-9-13-18)28-14-19(29)23(37-28)21(22(28)27(32)36)25(34)30-17-10-6-4-7-11-17/h4,6-7,10-11,16,18-24,33H,3,5,8-9,12-15H2,1-2H3,(H,30,34)(H,31,35)/t16-,19?,20-,21+,22-,23+,24?,28?/m0/s1. The van der Waals surface area contributed by atoms with Crippen molar-refractivity contribution >= 4 is 51.1 Å². The van der Waals surface area contributed by atoms with E-state index in [-0.39, 0.29) is 46.4 Å². The normalized spacial score (nSPS) is 34.8. The van der Waals surface area contributed by atoms with E-state index in [1.165, 1.54) is 6.42 Å². The number of nitrogens with one attached hydrogen (secondary N) is 2. The van der Waals surface area contributed by atoms with E-state index in [0.717, 1.165) is 32.1 Å². The zero-order chi connectivity index (χ0) is 26.3. The number of fused-ring (bicyclic) bond motifs is 1. The van der Waals surface area contributed by atoms with Gasteiger partial charge >= 0.3 is 0 Å². The number of likely N-dealkylation sites (tertiary alicyclic amines) is 1. The van der Waals surface area contributed by atoms with Gasteiger partial charge in [0.25, 0.3) is 0 Å². The number of nitrogens with zero attached hydrogens (tertiary/aromatic N) is 1. The Kier molecular flexibility index (Phi) is 7.95. The van der Waals surface area contributed by atoms with Crippen molar-refractivity contribution in [3.05, 3.63) is 30.3 Å². The summed E-state index contributed by atoms with van der Waals surface area (Å²) in [5, 5.41) is 16.7. The molecule has 2 bridgehead atoms. The molecule has 3 unspecified atom stereocenters. The number of thioether (sulfide) groups is 1. The van der Waals surface area contributed by atoms with Crippen LogP contribution in [0.1, 0.15) is 58.8 Å². The third-order valence-electron chi connectivity index (χ3n) is 9.12. The lowest BCUT2D eigenvalue weighted by Gasteiger charge is -2.40. The molecule has 3 heterocycles. The second-order valence-corrected chi connectivity index (χ2v) is 14.0. The first kappa shape index (κ1) is 27.0. The lowest BCUT2D eigenvalue weighted by atomic mass is 9.70. The van der Waals surface area contributed by atoms with Crippen LogP contribution in [0.15, 0.2) is 30.3 Å². The average Bonchev–Trinajstić information content (AvgIpc) is 3.49. The Labute approximate surface area is 232 Å². The molecule has 9 heteroatoms. The van der Waals surface area contributed by atoms with Crippen LogP contribution in [-0.2, 0) is 14.4 Å². The van der Waals surface area contributed by atoms with Gasteiger partial charge in [-0.25, -0.2) is 0 Å². The van der Waals surface area contributed by atoms with Gasteiger partial charge in [0.15, 0.2) is 0 Å².